The number of hydrogen-bond donors (Lipinski definition) is 1. The third kappa shape index (κ3) is 3.85. The maximum Gasteiger partial charge on any atom is 0.143 e. The van der Waals surface area contributed by atoms with Crippen LogP contribution in [0.15, 0.2) is 30.3 Å². The number of aromatic nitrogens is 2. The molecule has 0 aliphatic rings. The quantitative estimate of drug-likeness (QED) is 0.730. The largest absolute Gasteiger partial charge is 0.369 e. The Morgan fingerprint density at radius 2 is 1.90 bits per heavy atom. The first kappa shape index (κ1) is 15.6. The Morgan fingerprint density at radius 1 is 1.15 bits per heavy atom. The fourth-order valence-corrected chi connectivity index (χ4v) is 3.08. The van der Waals surface area contributed by atoms with Gasteiger partial charge in [-0.15, -0.1) is 0 Å². The average molecular weight is 399 g/mol. The Hall–Kier alpha value is -0.820. The second-order valence-electron chi connectivity index (χ2n) is 4.18. The van der Waals surface area contributed by atoms with E-state index in [4.69, 9.17) is 4.98 Å². The SMILES string of the molecule is CCNc1nc(CSCC)nc(-c2ccccc2)c1I. The molecule has 2 rings (SSSR count). The molecule has 5 heteroatoms. The summed E-state index contributed by atoms with van der Waals surface area (Å²) in [6, 6.07) is 10.3. The molecule has 0 radical (unpaired) electrons. The van der Waals surface area contributed by atoms with Crippen molar-refractivity contribution in [2.75, 3.05) is 17.6 Å². The van der Waals surface area contributed by atoms with E-state index in [2.05, 4.69) is 58.9 Å². The minimum atomic E-state index is 0.853. The summed E-state index contributed by atoms with van der Waals surface area (Å²) in [6.45, 7) is 5.10. The second-order valence-corrected chi connectivity index (χ2v) is 6.54. The van der Waals surface area contributed by atoms with Gasteiger partial charge in [-0.05, 0) is 35.3 Å². The number of rotatable bonds is 6. The highest BCUT2D eigenvalue weighted by molar-refractivity contribution is 14.1. The fraction of sp³-hybridized carbons (Fsp3) is 0.333. The van der Waals surface area contributed by atoms with Gasteiger partial charge in [-0.1, -0.05) is 37.3 Å². The molecule has 0 saturated heterocycles. The molecular weight excluding hydrogens is 381 g/mol. The molecule has 0 spiro atoms. The van der Waals surface area contributed by atoms with Crippen LogP contribution in [0.25, 0.3) is 11.3 Å². The van der Waals surface area contributed by atoms with Crippen LogP contribution in [0.1, 0.15) is 19.7 Å². The molecule has 3 nitrogen and oxygen atoms in total. The first-order chi connectivity index (χ1) is 9.76. The van der Waals surface area contributed by atoms with Crippen LogP contribution >= 0.6 is 34.4 Å². The standard InChI is InChI=1S/C15H18IN3S/c1-3-17-15-13(16)14(11-8-6-5-7-9-11)18-12(19-15)10-20-4-2/h5-9H,3-4,10H2,1-2H3,(H,17,18,19). The van der Waals surface area contributed by atoms with E-state index in [0.717, 1.165) is 44.5 Å². The van der Waals surface area contributed by atoms with Gasteiger partial charge < -0.3 is 5.32 Å². The van der Waals surface area contributed by atoms with Gasteiger partial charge in [0.15, 0.2) is 0 Å². The molecule has 0 amide bonds. The molecular formula is C15H18IN3S. The third-order valence-electron chi connectivity index (χ3n) is 2.72. The summed E-state index contributed by atoms with van der Waals surface area (Å²) in [4.78, 5) is 9.38. The van der Waals surface area contributed by atoms with Crippen LogP contribution in [0.2, 0.25) is 0 Å². The summed E-state index contributed by atoms with van der Waals surface area (Å²) in [5.74, 6) is 3.76. The Labute approximate surface area is 138 Å². The maximum absolute atomic E-state index is 4.74. The molecule has 0 saturated carbocycles. The van der Waals surface area contributed by atoms with Gasteiger partial charge in [0.25, 0.3) is 0 Å². The Morgan fingerprint density at radius 3 is 2.55 bits per heavy atom. The summed E-state index contributed by atoms with van der Waals surface area (Å²) in [7, 11) is 0. The van der Waals surface area contributed by atoms with Crippen LogP contribution in [-0.4, -0.2) is 22.3 Å². The van der Waals surface area contributed by atoms with Crippen LogP contribution in [0.4, 0.5) is 5.82 Å². The van der Waals surface area contributed by atoms with E-state index < -0.39 is 0 Å². The Bertz CT molecular complexity index is 561. The molecule has 1 aromatic carbocycles. The van der Waals surface area contributed by atoms with Gasteiger partial charge in [-0.25, -0.2) is 9.97 Å². The molecule has 0 fully saturated rings. The topological polar surface area (TPSA) is 37.8 Å². The van der Waals surface area contributed by atoms with Crippen LogP contribution in [0.3, 0.4) is 0 Å². The van der Waals surface area contributed by atoms with Gasteiger partial charge in [0.05, 0.1) is 15.0 Å². The smallest absolute Gasteiger partial charge is 0.143 e. The van der Waals surface area contributed by atoms with Crippen molar-refractivity contribution >= 4 is 40.2 Å². The lowest BCUT2D eigenvalue weighted by Crippen LogP contribution is -2.07. The highest BCUT2D eigenvalue weighted by Crippen LogP contribution is 2.28. The molecule has 1 N–H and O–H groups in total. The minimum absolute atomic E-state index is 0.853. The zero-order valence-corrected chi connectivity index (χ0v) is 14.7. The minimum Gasteiger partial charge on any atom is -0.369 e. The van der Waals surface area contributed by atoms with Gasteiger partial charge in [0, 0.05) is 12.1 Å². The average Bonchev–Trinajstić information content (AvgIpc) is 2.49. The molecule has 2 aromatic rings. The van der Waals surface area contributed by atoms with E-state index in [1.165, 1.54) is 0 Å². The van der Waals surface area contributed by atoms with Gasteiger partial charge in [-0.2, -0.15) is 11.8 Å². The number of nitrogens with zero attached hydrogens (tertiary/aromatic N) is 2. The van der Waals surface area contributed by atoms with Crippen molar-refractivity contribution in [2.45, 2.75) is 19.6 Å². The Balaban J connectivity index is 2.45. The highest BCUT2D eigenvalue weighted by Gasteiger charge is 2.13. The molecule has 0 aliphatic heterocycles. The summed E-state index contributed by atoms with van der Waals surface area (Å²) < 4.78 is 1.08. The van der Waals surface area contributed by atoms with Gasteiger partial charge in [0.1, 0.15) is 11.6 Å². The van der Waals surface area contributed by atoms with E-state index in [-0.39, 0.29) is 0 Å². The molecule has 20 heavy (non-hydrogen) atoms. The highest BCUT2D eigenvalue weighted by atomic mass is 127. The molecule has 0 unspecified atom stereocenters. The number of hydrogen-bond acceptors (Lipinski definition) is 4. The number of halogens is 1. The van der Waals surface area contributed by atoms with Gasteiger partial charge >= 0.3 is 0 Å². The second kappa shape index (κ2) is 7.83. The molecule has 0 aliphatic carbocycles. The lowest BCUT2D eigenvalue weighted by atomic mass is 10.1. The van der Waals surface area contributed by atoms with Gasteiger partial charge in [0.2, 0.25) is 0 Å². The third-order valence-corrected chi connectivity index (χ3v) is 4.62. The van der Waals surface area contributed by atoms with E-state index in [1.807, 2.05) is 30.0 Å². The summed E-state index contributed by atoms with van der Waals surface area (Å²) in [6.07, 6.45) is 0. The van der Waals surface area contributed by atoms with Crippen molar-refractivity contribution < 1.29 is 0 Å². The number of anilines is 1. The van der Waals surface area contributed by atoms with Crippen molar-refractivity contribution in [1.29, 1.82) is 0 Å². The van der Waals surface area contributed by atoms with Crippen LogP contribution in [-0.2, 0) is 5.75 Å². The molecule has 1 aromatic heterocycles. The predicted octanol–water partition coefficient (Wildman–Crippen LogP) is 4.43. The van der Waals surface area contributed by atoms with Crippen LogP contribution in [0, 0.1) is 3.57 Å². The van der Waals surface area contributed by atoms with Crippen molar-refractivity contribution in [3.05, 3.63) is 39.7 Å². The first-order valence-corrected chi connectivity index (χ1v) is 8.93. The molecule has 1 heterocycles. The molecule has 0 atom stereocenters. The number of benzene rings is 1. The van der Waals surface area contributed by atoms with Crippen molar-refractivity contribution in [3.63, 3.8) is 0 Å². The molecule has 0 bridgehead atoms. The lowest BCUT2D eigenvalue weighted by molar-refractivity contribution is 1.01. The lowest BCUT2D eigenvalue weighted by Gasteiger charge is -2.12. The summed E-state index contributed by atoms with van der Waals surface area (Å²) >= 11 is 4.17. The zero-order chi connectivity index (χ0) is 14.4. The summed E-state index contributed by atoms with van der Waals surface area (Å²) in [5.41, 5.74) is 2.16. The monoisotopic (exact) mass is 399 g/mol. The van der Waals surface area contributed by atoms with E-state index in [0.29, 0.717) is 0 Å². The first-order valence-electron chi connectivity index (χ1n) is 6.69. The summed E-state index contributed by atoms with van der Waals surface area (Å²) in [5, 5.41) is 3.33. The Kier molecular flexibility index (Phi) is 6.09. The van der Waals surface area contributed by atoms with E-state index in [1.54, 1.807) is 0 Å². The predicted molar refractivity (Wildman–Crippen MR) is 96.2 cm³/mol. The number of nitrogens with one attached hydrogen (secondary N) is 1. The van der Waals surface area contributed by atoms with Crippen molar-refractivity contribution in [2.24, 2.45) is 0 Å². The van der Waals surface area contributed by atoms with E-state index >= 15 is 0 Å². The van der Waals surface area contributed by atoms with E-state index in [9.17, 15) is 0 Å². The van der Waals surface area contributed by atoms with Crippen molar-refractivity contribution in [3.8, 4) is 11.3 Å². The fourth-order valence-electron chi connectivity index (χ4n) is 1.82. The van der Waals surface area contributed by atoms with Gasteiger partial charge in [-0.3, -0.25) is 0 Å². The zero-order valence-electron chi connectivity index (χ0n) is 11.7. The number of thioether (sulfide) groups is 1. The molecule has 106 valence electrons. The van der Waals surface area contributed by atoms with Crippen LogP contribution in [0.5, 0.6) is 0 Å². The van der Waals surface area contributed by atoms with Crippen LogP contribution < -0.4 is 5.32 Å². The maximum atomic E-state index is 4.74. The normalized spacial score (nSPS) is 10.6. The van der Waals surface area contributed by atoms with Crippen molar-refractivity contribution in [1.82, 2.24) is 9.97 Å².